The molecule has 0 aromatic carbocycles. The van der Waals surface area contributed by atoms with Crippen molar-refractivity contribution in [3.8, 4) is 0 Å². The van der Waals surface area contributed by atoms with E-state index in [-0.39, 0.29) is 17.9 Å². The van der Waals surface area contributed by atoms with Crippen LogP contribution in [-0.4, -0.2) is 18.5 Å². The molecule has 1 fully saturated rings. The first kappa shape index (κ1) is 12.5. The maximum atomic E-state index is 11.6. The minimum absolute atomic E-state index is 0.0580. The zero-order chi connectivity index (χ0) is 11.3. The van der Waals surface area contributed by atoms with Crippen LogP contribution < -0.4 is 11.1 Å². The van der Waals surface area contributed by atoms with Crippen LogP contribution in [0.3, 0.4) is 0 Å². The molecule has 15 heavy (non-hydrogen) atoms. The molecule has 1 atom stereocenters. The Morgan fingerprint density at radius 3 is 2.40 bits per heavy atom. The number of hydrogen-bond donors (Lipinski definition) is 2. The van der Waals surface area contributed by atoms with Crippen molar-refractivity contribution in [1.29, 1.82) is 0 Å². The lowest BCUT2D eigenvalue weighted by atomic mass is 9.83. The predicted octanol–water partition coefficient (Wildman–Crippen LogP) is 1.67. The smallest absolute Gasteiger partial charge is 0.222 e. The molecule has 88 valence electrons. The molecule has 3 heteroatoms. The maximum absolute atomic E-state index is 11.6. The van der Waals surface area contributed by atoms with Crippen molar-refractivity contribution >= 4 is 5.91 Å². The molecule has 1 rings (SSSR count). The van der Waals surface area contributed by atoms with Crippen LogP contribution in [0.15, 0.2) is 0 Å². The molecular weight excluding hydrogens is 188 g/mol. The van der Waals surface area contributed by atoms with Gasteiger partial charge in [-0.2, -0.15) is 0 Å². The molecule has 0 saturated heterocycles. The van der Waals surface area contributed by atoms with Gasteiger partial charge in [0.15, 0.2) is 0 Å². The summed E-state index contributed by atoms with van der Waals surface area (Å²) in [6, 6.07) is 0.195. The second-order valence-corrected chi connectivity index (χ2v) is 4.90. The van der Waals surface area contributed by atoms with E-state index in [0.29, 0.717) is 12.5 Å². The summed E-state index contributed by atoms with van der Waals surface area (Å²) >= 11 is 0. The summed E-state index contributed by atoms with van der Waals surface area (Å²) in [6.45, 7) is 4.41. The van der Waals surface area contributed by atoms with E-state index in [1.807, 2.05) is 13.8 Å². The van der Waals surface area contributed by atoms with Crippen molar-refractivity contribution in [3.63, 3.8) is 0 Å². The largest absolute Gasteiger partial charge is 0.352 e. The molecule has 0 aromatic rings. The number of amides is 1. The number of rotatable bonds is 4. The van der Waals surface area contributed by atoms with Crippen LogP contribution in [0.2, 0.25) is 0 Å². The Hall–Kier alpha value is -0.570. The van der Waals surface area contributed by atoms with E-state index < -0.39 is 0 Å². The van der Waals surface area contributed by atoms with E-state index in [1.54, 1.807) is 0 Å². The highest BCUT2D eigenvalue weighted by molar-refractivity contribution is 5.78. The highest BCUT2D eigenvalue weighted by Gasteiger charge is 2.24. The summed E-state index contributed by atoms with van der Waals surface area (Å²) in [5.41, 5.74) is 5.74. The normalized spacial score (nSPS) is 20.3. The predicted molar refractivity (Wildman–Crippen MR) is 62.4 cm³/mol. The van der Waals surface area contributed by atoms with Gasteiger partial charge >= 0.3 is 0 Å². The molecule has 1 aliphatic carbocycles. The average molecular weight is 212 g/mol. The molecule has 0 aromatic heterocycles. The Bertz CT molecular complexity index is 198. The fraction of sp³-hybridized carbons (Fsp3) is 0.917. The standard InChI is InChI=1S/C12H24N2O/c1-9(2)12(15)14-11(8-13)10-6-4-3-5-7-10/h9-11H,3-8,13H2,1-2H3,(H,14,15). The quantitative estimate of drug-likeness (QED) is 0.744. The van der Waals surface area contributed by atoms with Gasteiger partial charge in [-0.05, 0) is 18.8 Å². The Labute approximate surface area is 92.8 Å². The number of nitrogens with one attached hydrogen (secondary N) is 1. The van der Waals surface area contributed by atoms with Crippen LogP contribution in [0.25, 0.3) is 0 Å². The van der Waals surface area contributed by atoms with Crippen LogP contribution in [-0.2, 0) is 4.79 Å². The molecule has 1 aliphatic rings. The summed E-state index contributed by atoms with van der Waals surface area (Å²) in [5.74, 6) is 0.796. The molecular formula is C12H24N2O. The van der Waals surface area contributed by atoms with Crippen LogP contribution >= 0.6 is 0 Å². The van der Waals surface area contributed by atoms with E-state index in [9.17, 15) is 4.79 Å². The van der Waals surface area contributed by atoms with E-state index in [0.717, 1.165) is 0 Å². The van der Waals surface area contributed by atoms with Crippen LogP contribution in [0.1, 0.15) is 46.0 Å². The van der Waals surface area contributed by atoms with Gasteiger partial charge in [0, 0.05) is 18.5 Å². The monoisotopic (exact) mass is 212 g/mol. The zero-order valence-electron chi connectivity index (χ0n) is 9.96. The van der Waals surface area contributed by atoms with E-state index >= 15 is 0 Å². The van der Waals surface area contributed by atoms with E-state index in [2.05, 4.69) is 5.32 Å². The summed E-state index contributed by atoms with van der Waals surface area (Å²) in [7, 11) is 0. The van der Waals surface area contributed by atoms with Gasteiger partial charge in [0.2, 0.25) is 5.91 Å². The molecule has 1 unspecified atom stereocenters. The lowest BCUT2D eigenvalue weighted by molar-refractivity contribution is -0.125. The summed E-state index contributed by atoms with van der Waals surface area (Å²) < 4.78 is 0. The van der Waals surface area contributed by atoms with Crippen molar-refractivity contribution < 1.29 is 4.79 Å². The van der Waals surface area contributed by atoms with Gasteiger partial charge in [-0.15, -0.1) is 0 Å². The minimum atomic E-state index is 0.0580. The van der Waals surface area contributed by atoms with Crippen molar-refractivity contribution in [2.24, 2.45) is 17.6 Å². The minimum Gasteiger partial charge on any atom is -0.352 e. The third-order valence-electron chi connectivity index (χ3n) is 3.32. The molecule has 0 bridgehead atoms. The first-order valence-corrected chi connectivity index (χ1v) is 6.15. The topological polar surface area (TPSA) is 55.1 Å². The average Bonchev–Trinajstić information content (AvgIpc) is 2.26. The highest BCUT2D eigenvalue weighted by atomic mass is 16.1. The van der Waals surface area contributed by atoms with Crippen LogP contribution in [0, 0.1) is 11.8 Å². The number of hydrogen-bond acceptors (Lipinski definition) is 2. The fourth-order valence-corrected chi connectivity index (χ4v) is 2.26. The van der Waals surface area contributed by atoms with Crippen LogP contribution in [0.5, 0.6) is 0 Å². The van der Waals surface area contributed by atoms with Gasteiger partial charge in [-0.3, -0.25) is 4.79 Å². The van der Waals surface area contributed by atoms with Crippen LogP contribution in [0.4, 0.5) is 0 Å². The Balaban J connectivity index is 2.43. The van der Waals surface area contributed by atoms with Gasteiger partial charge in [0.1, 0.15) is 0 Å². The molecule has 1 amide bonds. The van der Waals surface area contributed by atoms with Crippen molar-refractivity contribution in [3.05, 3.63) is 0 Å². The van der Waals surface area contributed by atoms with Crippen molar-refractivity contribution in [2.75, 3.05) is 6.54 Å². The second kappa shape index (κ2) is 6.11. The molecule has 1 saturated carbocycles. The second-order valence-electron chi connectivity index (χ2n) is 4.90. The van der Waals surface area contributed by atoms with E-state index in [1.165, 1.54) is 32.1 Å². The van der Waals surface area contributed by atoms with Gasteiger partial charge in [0.05, 0.1) is 0 Å². The Morgan fingerprint density at radius 2 is 1.93 bits per heavy atom. The third kappa shape index (κ3) is 3.82. The molecule has 0 spiro atoms. The molecule has 3 nitrogen and oxygen atoms in total. The van der Waals surface area contributed by atoms with Gasteiger partial charge < -0.3 is 11.1 Å². The van der Waals surface area contributed by atoms with Gasteiger partial charge in [-0.25, -0.2) is 0 Å². The van der Waals surface area contributed by atoms with Crippen molar-refractivity contribution in [2.45, 2.75) is 52.0 Å². The molecule has 3 N–H and O–H groups in total. The number of carbonyl (C=O) groups is 1. The summed E-state index contributed by atoms with van der Waals surface area (Å²) in [5, 5.41) is 3.07. The first-order valence-electron chi connectivity index (χ1n) is 6.15. The summed E-state index contributed by atoms with van der Waals surface area (Å²) in [6.07, 6.45) is 6.36. The van der Waals surface area contributed by atoms with Gasteiger partial charge in [0.25, 0.3) is 0 Å². The van der Waals surface area contributed by atoms with E-state index in [4.69, 9.17) is 5.73 Å². The molecule has 0 radical (unpaired) electrons. The number of carbonyl (C=O) groups excluding carboxylic acids is 1. The molecule has 0 aliphatic heterocycles. The Kier molecular flexibility index (Phi) is 5.09. The Morgan fingerprint density at radius 1 is 1.33 bits per heavy atom. The first-order chi connectivity index (χ1) is 7.15. The lowest BCUT2D eigenvalue weighted by Crippen LogP contribution is -2.47. The maximum Gasteiger partial charge on any atom is 0.222 e. The summed E-state index contributed by atoms with van der Waals surface area (Å²) in [4.78, 5) is 11.6. The van der Waals surface area contributed by atoms with Crippen molar-refractivity contribution in [1.82, 2.24) is 5.32 Å². The SMILES string of the molecule is CC(C)C(=O)NC(CN)C1CCCCC1. The van der Waals surface area contributed by atoms with Gasteiger partial charge in [-0.1, -0.05) is 33.1 Å². The third-order valence-corrected chi connectivity index (χ3v) is 3.32. The highest BCUT2D eigenvalue weighted by Crippen LogP contribution is 2.26. The lowest BCUT2D eigenvalue weighted by Gasteiger charge is -2.30. The fourth-order valence-electron chi connectivity index (χ4n) is 2.26. The zero-order valence-corrected chi connectivity index (χ0v) is 9.96. The number of nitrogens with two attached hydrogens (primary N) is 1. The molecule has 0 heterocycles.